The van der Waals surface area contributed by atoms with Gasteiger partial charge in [0.05, 0.1) is 19.7 Å². The molecule has 0 aromatic carbocycles. The Labute approximate surface area is 155 Å². The molecule has 3 aromatic heterocycles. The van der Waals surface area contributed by atoms with Crippen molar-refractivity contribution < 1.29 is 9.90 Å². The number of thioether (sulfide) groups is 1. The van der Waals surface area contributed by atoms with Crippen LogP contribution in [0.3, 0.4) is 0 Å². The van der Waals surface area contributed by atoms with E-state index < -0.39 is 5.97 Å². The van der Waals surface area contributed by atoms with Gasteiger partial charge in [0, 0.05) is 17.9 Å². The van der Waals surface area contributed by atoms with Gasteiger partial charge in [0.25, 0.3) is 5.97 Å². The number of carbonyl (C=O) groups is 1. The number of hydrogen-bond donors (Lipinski definition) is 3. The number of hydrogen-bond acceptors (Lipinski definition) is 7. The van der Waals surface area contributed by atoms with Crippen LogP contribution in [0.4, 0.5) is 0 Å². The molecule has 24 heavy (non-hydrogen) atoms. The molecule has 0 atom stereocenters. The third-order valence-corrected chi connectivity index (χ3v) is 6.73. The molecule has 3 heterocycles. The summed E-state index contributed by atoms with van der Waals surface area (Å²) in [5.41, 5.74) is 7.68. The molecule has 3 aromatic rings. The van der Waals surface area contributed by atoms with E-state index in [0.29, 0.717) is 0 Å². The summed E-state index contributed by atoms with van der Waals surface area (Å²) in [4.78, 5) is 15.7. The highest BCUT2D eigenvalue weighted by atomic mass is 32.2. The number of carboxylic acids is 1. The molecular weight excluding hydrogens is 382 g/mol. The maximum atomic E-state index is 9.00. The highest BCUT2D eigenvalue weighted by Crippen LogP contribution is 2.40. The lowest BCUT2D eigenvalue weighted by Gasteiger charge is -1.95. The molecule has 9 heteroatoms. The summed E-state index contributed by atoms with van der Waals surface area (Å²) >= 11 is 6.55. The third kappa shape index (κ3) is 4.67. The number of nitrogens with two attached hydrogens (primary N) is 1. The first-order valence-corrected chi connectivity index (χ1v) is 10.4. The number of aliphatic carboxylic acids is 1. The number of carboxylic acid groups (broad SMARTS) is 1. The second kappa shape index (κ2) is 8.43. The molecule has 0 fully saturated rings. The van der Waals surface area contributed by atoms with Crippen LogP contribution in [0.15, 0.2) is 33.2 Å². The van der Waals surface area contributed by atoms with E-state index in [1.54, 1.807) is 45.8 Å². The number of aromatic nitrogens is 1. The molecule has 0 aliphatic rings. The number of nitrogen functional groups attached to an aromatic ring is 1. The Morgan fingerprint density at radius 2 is 2.12 bits per heavy atom. The summed E-state index contributed by atoms with van der Waals surface area (Å²) in [6.07, 6.45) is 2.03. The highest BCUT2D eigenvalue weighted by Gasteiger charge is 2.15. The van der Waals surface area contributed by atoms with Crippen molar-refractivity contribution in [3.8, 4) is 21.1 Å². The molecule has 0 bridgehead atoms. The fourth-order valence-electron chi connectivity index (χ4n) is 1.74. The Bertz CT molecular complexity index is 833. The predicted octanol–water partition coefficient (Wildman–Crippen LogP) is 4.70. The van der Waals surface area contributed by atoms with Gasteiger partial charge in [-0.15, -0.1) is 45.8 Å². The van der Waals surface area contributed by atoms with Gasteiger partial charge in [0.1, 0.15) is 10.8 Å². The van der Waals surface area contributed by atoms with Crippen LogP contribution in [0.2, 0.25) is 0 Å². The minimum Gasteiger partial charge on any atom is -0.481 e. The molecule has 3 rings (SSSR count). The van der Waals surface area contributed by atoms with Crippen LogP contribution < -0.4 is 5.73 Å². The second-order valence-electron chi connectivity index (χ2n) is 4.46. The van der Waals surface area contributed by atoms with E-state index in [1.807, 2.05) is 18.4 Å². The molecule has 0 saturated heterocycles. The van der Waals surface area contributed by atoms with Gasteiger partial charge in [-0.2, -0.15) is 0 Å². The van der Waals surface area contributed by atoms with E-state index in [2.05, 4.69) is 16.8 Å². The molecule has 0 unspecified atom stereocenters. The molecule has 0 amide bonds. The zero-order chi connectivity index (χ0) is 17.7. The molecule has 0 aliphatic heterocycles. The summed E-state index contributed by atoms with van der Waals surface area (Å²) in [6, 6.07) is 6.08. The van der Waals surface area contributed by atoms with Crippen molar-refractivity contribution in [1.82, 2.24) is 4.98 Å². The number of nitrogens with one attached hydrogen (secondary N) is 1. The first-order chi connectivity index (χ1) is 11.4. The van der Waals surface area contributed by atoms with E-state index in [9.17, 15) is 0 Å². The Hall–Kier alpha value is -1.68. The van der Waals surface area contributed by atoms with Gasteiger partial charge in [0.2, 0.25) is 0 Å². The van der Waals surface area contributed by atoms with Gasteiger partial charge in [-0.05, 0) is 23.8 Å². The van der Waals surface area contributed by atoms with Crippen LogP contribution >= 0.6 is 45.8 Å². The van der Waals surface area contributed by atoms with Gasteiger partial charge in [-0.25, -0.2) is 4.98 Å². The van der Waals surface area contributed by atoms with Crippen LogP contribution in [0, 0.1) is 5.41 Å². The lowest BCUT2D eigenvalue weighted by Crippen LogP contribution is -2.08. The fraction of sp³-hybridized carbons (Fsp3) is 0.133. The molecule has 0 aliphatic carbocycles. The number of thiophene rings is 2. The Morgan fingerprint density at radius 3 is 2.67 bits per heavy atom. The molecule has 4 N–H and O–H groups in total. The molecule has 0 saturated carbocycles. The van der Waals surface area contributed by atoms with Gasteiger partial charge in [-0.3, -0.25) is 10.2 Å². The van der Waals surface area contributed by atoms with E-state index in [0.717, 1.165) is 32.3 Å². The van der Waals surface area contributed by atoms with Crippen LogP contribution in [0.25, 0.3) is 21.1 Å². The number of nitrogens with zero attached hydrogens (tertiary/aromatic N) is 1. The van der Waals surface area contributed by atoms with E-state index in [4.69, 9.17) is 26.0 Å². The number of thiazole rings is 1. The molecule has 0 radical (unpaired) electrons. The lowest BCUT2D eigenvalue weighted by molar-refractivity contribution is -0.134. The summed E-state index contributed by atoms with van der Waals surface area (Å²) in [5, 5.41) is 20.1. The van der Waals surface area contributed by atoms with Crippen LogP contribution in [0.1, 0.15) is 11.8 Å². The first-order valence-electron chi connectivity index (χ1n) is 6.64. The molecule has 0 spiro atoms. The zero-order valence-corrected chi connectivity index (χ0v) is 16.2. The van der Waals surface area contributed by atoms with Crippen molar-refractivity contribution in [2.24, 2.45) is 5.73 Å². The predicted molar refractivity (Wildman–Crippen MR) is 105 cm³/mol. The Morgan fingerprint density at radius 1 is 1.42 bits per heavy atom. The van der Waals surface area contributed by atoms with Crippen LogP contribution in [0.5, 0.6) is 0 Å². The quantitative estimate of drug-likeness (QED) is 0.337. The molecular formula is C15H15N3O2S4. The SMILES string of the molecule is CC(=O)O.CSc1sc(C(=N)N)cc1-c1nc(-c2cccs2)cs1. The number of rotatable bonds is 4. The van der Waals surface area contributed by atoms with E-state index in [-0.39, 0.29) is 5.84 Å². The molecule has 5 nitrogen and oxygen atoms in total. The summed E-state index contributed by atoms with van der Waals surface area (Å²) < 4.78 is 1.15. The highest BCUT2D eigenvalue weighted by molar-refractivity contribution is 8.00. The standard InChI is InChI=1S/C13H11N3S4.C2H4O2/c1-17-13-7(5-10(20-13)11(14)15)12-16-8(6-19-12)9-3-2-4-18-9;1-2(3)4/h2-6H,1H3,(H3,14,15);1H3,(H,3,4). The van der Waals surface area contributed by atoms with Gasteiger partial charge in [0.15, 0.2) is 0 Å². The lowest BCUT2D eigenvalue weighted by atomic mass is 10.3. The average Bonchev–Trinajstić information content (AvgIpc) is 3.25. The maximum Gasteiger partial charge on any atom is 0.300 e. The Balaban J connectivity index is 0.000000471. The van der Waals surface area contributed by atoms with Gasteiger partial charge < -0.3 is 10.8 Å². The van der Waals surface area contributed by atoms with Gasteiger partial charge >= 0.3 is 0 Å². The van der Waals surface area contributed by atoms with Gasteiger partial charge in [-0.1, -0.05) is 6.07 Å². The largest absolute Gasteiger partial charge is 0.481 e. The van der Waals surface area contributed by atoms with Crippen LogP contribution in [-0.2, 0) is 4.79 Å². The summed E-state index contributed by atoms with van der Waals surface area (Å²) in [7, 11) is 0. The topological polar surface area (TPSA) is 100 Å². The van der Waals surface area contributed by atoms with Crippen molar-refractivity contribution in [2.45, 2.75) is 11.1 Å². The monoisotopic (exact) mass is 397 g/mol. The first kappa shape index (κ1) is 18.7. The second-order valence-corrected chi connectivity index (χ2v) is 8.40. The minimum atomic E-state index is -0.833. The fourth-order valence-corrected chi connectivity index (χ4v) is 5.20. The van der Waals surface area contributed by atoms with E-state index in [1.165, 1.54) is 4.88 Å². The van der Waals surface area contributed by atoms with E-state index >= 15 is 0 Å². The van der Waals surface area contributed by atoms with Crippen LogP contribution in [-0.4, -0.2) is 28.2 Å². The maximum absolute atomic E-state index is 9.00. The third-order valence-electron chi connectivity index (χ3n) is 2.66. The average molecular weight is 398 g/mol. The zero-order valence-electron chi connectivity index (χ0n) is 12.9. The minimum absolute atomic E-state index is 0.117. The molecule has 126 valence electrons. The Kier molecular flexibility index (Phi) is 6.55. The smallest absolute Gasteiger partial charge is 0.300 e. The normalized spacial score (nSPS) is 10.1. The van der Waals surface area contributed by atoms with Crippen molar-refractivity contribution in [3.05, 3.63) is 33.8 Å². The van der Waals surface area contributed by atoms with Crippen molar-refractivity contribution >= 4 is 57.6 Å². The summed E-state index contributed by atoms with van der Waals surface area (Å²) in [6.45, 7) is 1.08. The number of amidine groups is 1. The van der Waals surface area contributed by atoms with Crippen molar-refractivity contribution in [2.75, 3.05) is 6.26 Å². The summed E-state index contributed by atoms with van der Waals surface area (Å²) in [5.74, 6) is -0.716. The van der Waals surface area contributed by atoms with Crippen molar-refractivity contribution in [1.29, 1.82) is 5.41 Å². The van der Waals surface area contributed by atoms with Crippen molar-refractivity contribution in [3.63, 3.8) is 0 Å².